The van der Waals surface area contributed by atoms with Crippen LogP contribution >= 0.6 is 0 Å². The molecule has 0 unspecified atom stereocenters. The zero-order valence-electron chi connectivity index (χ0n) is 11.5. The van der Waals surface area contributed by atoms with Crippen LogP contribution < -0.4 is 10.1 Å². The third kappa shape index (κ3) is 3.16. The Morgan fingerprint density at radius 1 is 1.40 bits per heavy atom. The zero-order chi connectivity index (χ0) is 14.5. The molecule has 1 aromatic heterocycles. The number of hydrogen-bond acceptors (Lipinski definition) is 4. The normalized spacial score (nSPS) is 10.5. The number of benzene rings is 1. The first-order valence-electron chi connectivity index (χ1n) is 6.25. The van der Waals surface area contributed by atoms with Crippen molar-refractivity contribution < 1.29 is 9.66 Å². The van der Waals surface area contributed by atoms with E-state index >= 15 is 0 Å². The molecule has 0 fully saturated rings. The number of aromatic nitrogens is 1. The maximum Gasteiger partial charge on any atom is 0.273 e. The van der Waals surface area contributed by atoms with E-state index in [4.69, 9.17) is 4.74 Å². The topological polar surface area (TPSA) is 69.3 Å². The Morgan fingerprint density at radius 3 is 2.85 bits per heavy atom. The summed E-state index contributed by atoms with van der Waals surface area (Å²) in [6, 6.07) is 8.79. The SMILES string of the molecule is CNCc1cccn1Cc1cc(OC)cc([N+](=O)[O-])c1. The van der Waals surface area contributed by atoms with E-state index in [0.29, 0.717) is 12.3 Å². The summed E-state index contributed by atoms with van der Waals surface area (Å²) >= 11 is 0. The number of non-ortho nitro benzene ring substituents is 1. The first-order chi connectivity index (χ1) is 9.63. The number of methoxy groups -OCH3 is 1. The lowest BCUT2D eigenvalue weighted by atomic mass is 10.2. The van der Waals surface area contributed by atoms with Gasteiger partial charge in [0.2, 0.25) is 0 Å². The Bertz CT molecular complexity index is 607. The van der Waals surface area contributed by atoms with Gasteiger partial charge in [-0.05, 0) is 30.8 Å². The van der Waals surface area contributed by atoms with Crippen molar-refractivity contribution in [3.8, 4) is 5.75 Å². The highest BCUT2D eigenvalue weighted by molar-refractivity contribution is 5.43. The molecule has 0 spiro atoms. The van der Waals surface area contributed by atoms with Crippen molar-refractivity contribution >= 4 is 5.69 Å². The highest BCUT2D eigenvalue weighted by Crippen LogP contribution is 2.23. The molecule has 0 aliphatic heterocycles. The summed E-state index contributed by atoms with van der Waals surface area (Å²) in [4.78, 5) is 10.5. The maximum absolute atomic E-state index is 10.9. The predicted molar refractivity (Wildman–Crippen MR) is 75.9 cm³/mol. The monoisotopic (exact) mass is 275 g/mol. The summed E-state index contributed by atoms with van der Waals surface area (Å²) in [7, 11) is 3.39. The van der Waals surface area contributed by atoms with Crippen molar-refractivity contribution in [2.75, 3.05) is 14.2 Å². The number of nitrogens with zero attached hydrogens (tertiary/aromatic N) is 2. The number of rotatable bonds is 6. The van der Waals surface area contributed by atoms with Crippen LogP contribution in [0, 0.1) is 10.1 Å². The van der Waals surface area contributed by atoms with Gasteiger partial charge < -0.3 is 14.6 Å². The Balaban J connectivity index is 2.30. The lowest BCUT2D eigenvalue weighted by molar-refractivity contribution is -0.385. The van der Waals surface area contributed by atoms with Crippen molar-refractivity contribution in [1.29, 1.82) is 0 Å². The van der Waals surface area contributed by atoms with Crippen LogP contribution in [-0.4, -0.2) is 23.6 Å². The van der Waals surface area contributed by atoms with Crippen LogP contribution in [0.1, 0.15) is 11.3 Å². The Labute approximate surface area is 117 Å². The summed E-state index contributed by atoms with van der Waals surface area (Å²) in [5, 5.41) is 14.0. The molecule has 0 saturated heterocycles. The molecule has 2 rings (SSSR count). The fourth-order valence-corrected chi connectivity index (χ4v) is 2.10. The van der Waals surface area contributed by atoms with Crippen LogP contribution in [0.25, 0.3) is 0 Å². The van der Waals surface area contributed by atoms with E-state index in [0.717, 1.165) is 17.8 Å². The molecule has 0 saturated carbocycles. The number of nitrogens with one attached hydrogen (secondary N) is 1. The Kier molecular flexibility index (Phi) is 4.37. The molecule has 20 heavy (non-hydrogen) atoms. The molecule has 1 aromatic carbocycles. The largest absolute Gasteiger partial charge is 0.496 e. The fourth-order valence-electron chi connectivity index (χ4n) is 2.10. The number of nitro groups is 1. The van der Waals surface area contributed by atoms with Gasteiger partial charge in [0.15, 0.2) is 0 Å². The van der Waals surface area contributed by atoms with Crippen LogP contribution in [0.15, 0.2) is 36.5 Å². The molecule has 0 atom stereocenters. The first kappa shape index (κ1) is 14.1. The van der Waals surface area contributed by atoms with Gasteiger partial charge in [-0.1, -0.05) is 0 Å². The Morgan fingerprint density at radius 2 is 2.20 bits per heavy atom. The third-order valence-corrected chi connectivity index (χ3v) is 3.03. The van der Waals surface area contributed by atoms with Crippen LogP contribution in [-0.2, 0) is 13.1 Å². The summed E-state index contributed by atoms with van der Waals surface area (Å²) in [5.74, 6) is 0.497. The van der Waals surface area contributed by atoms with Gasteiger partial charge in [-0.25, -0.2) is 0 Å². The van der Waals surface area contributed by atoms with Gasteiger partial charge in [0.05, 0.1) is 18.1 Å². The van der Waals surface area contributed by atoms with Gasteiger partial charge in [0.25, 0.3) is 5.69 Å². The summed E-state index contributed by atoms with van der Waals surface area (Å²) in [6.45, 7) is 1.32. The van der Waals surface area contributed by atoms with E-state index in [-0.39, 0.29) is 5.69 Å². The third-order valence-electron chi connectivity index (χ3n) is 3.03. The van der Waals surface area contributed by atoms with Crippen LogP contribution in [0.4, 0.5) is 5.69 Å². The van der Waals surface area contributed by atoms with Crippen LogP contribution in [0.2, 0.25) is 0 Å². The van der Waals surface area contributed by atoms with Gasteiger partial charge in [-0.2, -0.15) is 0 Å². The Hall–Kier alpha value is -2.34. The number of nitro benzene ring substituents is 1. The lowest BCUT2D eigenvalue weighted by Crippen LogP contribution is -2.11. The van der Waals surface area contributed by atoms with Crippen molar-refractivity contribution in [1.82, 2.24) is 9.88 Å². The molecule has 0 bridgehead atoms. The molecule has 1 heterocycles. The minimum Gasteiger partial charge on any atom is -0.496 e. The zero-order valence-corrected chi connectivity index (χ0v) is 11.5. The van der Waals surface area contributed by atoms with E-state index in [9.17, 15) is 10.1 Å². The molecule has 0 aliphatic carbocycles. The summed E-state index contributed by atoms with van der Waals surface area (Å²) in [5.41, 5.74) is 2.00. The highest BCUT2D eigenvalue weighted by atomic mass is 16.6. The minimum absolute atomic E-state index is 0.0432. The minimum atomic E-state index is -0.407. The second-order valence-corrected chi connectivity index (χ2v) is 4.45. The van der Waals surface area contributed by atoms with Gasteiger partial charge in [0.1, 0.15) is 5.75 Å². The van der Waals surface area contributed by atoms with Crippen LogP contribution in [0.5, 0.6) is 5.75 Å². The average molecular weight is 275 g/mol. The van der Waals surface area contributed by atoms with Crippen molar-refractivity contribution in [2.45, 2.75) is 13.1 Å². The van der Waals surface area contributed by atoms with E-state index < -0.39 is 4.92 Å². The van der Waals surface area contributed by atoms with E-state index in [1.54, 1.807) is 6.07 Å². The first-order valence-corrected chi connectivity index (χ1v) is 6.25. The molecule has 6 heteroatoms. The molecule has 2 aromatic rings. The van der Waals surface area contributed by atoms with Gasteiger partial charge in [-0.3, -0.25) is 10.1 Å². The lowest BCUT2D eigenvalue weighted by Gasteiger charge is -2.10. The van der Waals surface area contributed by atoms with E-state index in [1.165, 1.54) is 13.2 Å². The van der Waals surface area contributed by atoms with Gasteiger partial charge in [0, 0.05) is 31.0 Å². The summed E-state index contributed by atoms with van der Waals surface area (Å²) in [6.07, 6.45) is 1.96. The highest BCUT2D eigenvalue weighted by Gasteiger charge is 2.11. The number of hydrogen-bond donors (Lipinski definition) is 1. The van der Waals surface area contributed by atoms with Crippen LogP contribution in [0.3, 0.4) is 0 Å². The molecule has 6 nitrogen and oxygen atoms in total. The molecular formula is C14H17N3O3. The van der Waals surface area contributed by atoms with Gasteiger partial charge in [-0.15, -0.1) is 0 Å². The van der Waals surface area contributed by atoms with E-state index in [1.807, 2.05) is 31.4 Å². The molecule has 0 radical (unpaired) electrons. The second kappa shape index (κ2) is 6.21. The maximum atomic E-state index is 10.9. The van der Waals surface area contributed by atoms with Gasteiger partial charge >= 0.3 is 0 Å². The molecular weight excluding hydrogens is 258 g/mol. The fraction of sp³-hybridized carbons (Fsp3) is 0.286. The summed E-state index contributed by atoms with van der Waals surface area (Å²) < 4.78 is 7.17. The second-order valence-electron chi connectivity index (χ2n) is 4.45. The molecule has 1 N–H and O–H groups in total. The molecule has 106 valence electrons. The number of ether oxygens (including phenoxy) is 1. The predicted octanol–water partition coefficient (Wildman–Crippen LogP) is 2.17. The van der Waals surface area contributed by atoms with Crippen molar-refractivity contribution in [3.63, 3.8) is 0 Å². The van der Waals surface area contributed by atoms with Crippen molar-refractivity contribution in [2.24, 2.45) is 0 Å². The smallest absolute Gasteiger partial charge is 0.273 e. The van der Waals surface area contributed by atoms with Crippen molar-refractivity contribution in [3.05, 3.63) is 57.9 Å². The van der Waals surface area contributed by atoms with E-state index in [2.05, 4.69) is 9.88 Å². The standard InChI is InChI=1S/C14H17N3O3/c1-15-9-12-4-3-5-16(12)10-11-6-13(17(18)19)8-14(7-11)20-2/h3-8,15H,9-10H2,1-2H3. The quantitative estimate of drug-likeness (QED) is 0.648. The average Bonchev–Trinajstić information content (AvgIpc) is 2.86. The molecule has 0 aliphatic rings. The molecule has 0 amide bonds.